The molecule has 0 aliphatic rings. The predicted octanol–water partition coefficient (Wildman–Crippen LogP) is 1.45. The molecule has 1 unspecified atom stereocenters. The molecule has 0 radical (unpaired) electrons. The van der Waals surface area contributed by atoms with Gasteiger partial charge in [0.25, 0.3) is 0 Å². The lowest BCUT2D eigenvalue weighted by molar-refractivity contribution is -0.112. The first-order chi connectivity index (χ1) is 5.56. The van der Waals surface area contributed by atoms with Crippen molar-refractivity contribution >= 4 is 5.82 Å². The number of alkyl halides is 1. The summed E-state index contributed by atoms with van der Waals surface area (Å²) in [5.41, 5.74) is 5.75. The maximum absolute atomic E-state index is 13.4. The molecular formula is C8H11FN2O. The van der Waals surface area contributed by atoms with Gasteiger partial charge in [-0.15, -0.1) is 0 Å². The van der Waals surface area contributed by atoms with Gasteiger partial charge in [-0.25, -0.2) is 9.37 Å². The van der Waals surface area contributed by atoms with Crippen molar-refractivity contribution in [2.75, 3.05) is 12.8 Å². The summed E-state index contributed by atoms with van der Waals surface area (Å²) in [5.74, 6) is -1.51. The summed E-state index contributed by atoms with van der Waals surface area (Å²) in [6.45, 7) is 1.32. The first-order valence-electron chi connectivity index (χ1n) is 3.52. The Morgan fingerprint density at radius 2 is 2.33 bits per heavy atom. The summed E-state index contributed by atoms with van der Waals surface area (Å²) in [6, 6.07) is 2.98. The quantitative estimate of drug-likeness (QED) is 0.730. The Kier molecular flexibility index (Phi) is 2.28. The van der Waals surface area contributed by atoms with Gasteiger partial charge in [0.2, 0.25) is 5.85 Å². The molecule has 12 heavy (non-hydrogen) atoms. The molecule has 0 amide bonds. The van der Waals surface area contributed by atoms with Crippen LogP contribution in [0.2, 0.25) is 0 Å². The summed E-state index contributed by atoms with van der Waals surface area (Å²) in [4.78, 5) is 3.74. The van der Waals surface area contributed by atoms with Gasteiger partial charge < -0.3 is 10.5 Å². The van der Waals surface area contributed by atoms with E-state index < -0.39 is 5.85 Å². The molecule has 1 rings (SSSR count). The maximum atomic E-state index is 13.4. The number of pyridine rings is 1. The highest BCUT2D eigenvalue weighted by atomic mass is 19.2. The Labute approximate surface area is 70.4 Å². The molecular weight excluding hydrogens is 159 g/mol. The van der Waals surface area contributed by atoms with E-state index in [2.05, 4.69) is 9.72 Å². The second-order valence-corrected chi connectivity index (χ2v) is 2.59. The lowest BCUT2D eigenvalue weighted by Gasteiger charge is -2.18. The van der Waals surface area contributed by atoms with Crippen molar-refractivity contribution in [1.29, 1.82) is 0 Å². The molecule has 0 bridgehead atoms. The van der Waals surface area contributed by atoms with Gasteiger partial charge in [-0.1, -0.05) is 0 Å². The van der Waals surface area contributed by atoms with E-state index in [1.165, 1.54) is 32.4 Å². The van der Waals surface area contributed by atoms with Crippen LogP contribution in [0.15, 0.2) is 18.3 Å². The van der Waals surface area contributed by atoms with E-state index in [0.717, 1.165) is 0 Å². The second-order valence-electron chi connectivity index (χ2n) is 2.59. The monoisotopic (exact) mass is 170 g/mol. The Morgan fingerprint density at radius 1 is 1.67 bits per heavy atom. The zero-order valence-electron chi connectivity index (χ0n) is 7.04. The van der Waals surface area contributed by atoms with Crippen molar-refractivity contribution in [3.8, 4) is 0 Å². The third kappa shape index (κ3) is 1.71. The van der Waals surface area contributed by atoms with Gasteiger partial charge in [-0.3, -0.25) is 0 Å². The molecule has 1 atom stereocenters. The van der Waals surface area contributed by atoms with Gasteiger partial charge in [0.1, 0.15) is 5.82 Å². The Bertz CT molecular complexity index is 276. The molecule has 0 spiro atoms. The summed E-state index contributed by atoms with van der Waals surface area (Å²) in [7, 11) is 1.30. The number of methoxy groups -OCH3 is 1. The molecule has 1 heterocycles. The minimum atomic E-state index is -1.79. The van der Waals surface area contributed by atoms with Crippen LogP contribution in [0.3, 0.4) is 0 Å². The summed E-state index contributed by atoms with van der Waals surface area (Å²) in [6.07, 6.45) is 1.45. The van der Waals surface area contributed by atoms with Crippen LogP contribution >= 0.6 is 0 Å². The molecule has 4 heteroatoms. The van der Waals surface area contributed by atoms with Crippen LogP contribution in [-0.2, 0) is 10.6 Å². The van der Waals surface area contributed by atoms with Crippen LogP contribution in [0.1, 0.15) is 12.5 Å². The number of hydrogen-bond acceptors (Lipinski definition) is 3. The third-order valence-corrected chi connectivity index (χ3v) is 1.68. The van der Waals surface area contributed by atoms with Crippen LogP contribution in [0.4, 0.5) is 10.2 Å². The Morgan fingerprint density at radius 3 is 2.83 bits per heavy atom. The van der Waals surface area contributed by atoms with Crippen LogP contribution in [0.25, 0.3) is 0 Å². The molecule has 1 aromatic heterocycles. The average Bonchev–Trinajstić information content (AvgIpc) is 2.05. The van der Waals surface area contributed by atoms with E-state index in [0.29, 0.717) is 5.56 Å². The molecule has 3 nitrogen and oxygen atoms in total. The van der Waals surface area contributed by atoms with Crippen molar-refractivity contribution in [1.82, 2.24) is 4.98 Å². The zero-order valence-corrected chi connectivity index (χ0v) is 7.04. The van der Waals surface area contributed by atoms with Gasteiger partial charge in [-0.05, 0) is 19.1 Å². The number of aromatic nitrogens is 1. The molecule has 1 aromatic rings. The standard InChI is InChI=1S/C8H11FN2O/c1-8(9,12-2)6-3-4-11-7(10)5-6/h3-5H,1-2H3,(H2,10,11). The minimum absolute atomic E-state index is 0.286. The van der Waals surface area contributed by atoms with Crippen molar-refractivity contribution < 1.29 is 9.13 Å². The highest BCUT2D eigenvalue weighted by Crippen LogP contribution is 2.26. The van der Waals surface area contributed by atoms with E-state index in [1.807, 2.05) is 0 Å². The zero-order chi connectivity index (χ0) is 9.19. The smallest absolute Gasteiger partial charge is 0.232 e. The SMILES string of the molecule is COC(C)(F)c1ccnc(N)c1. The predicted molar refractivity (Wildman–Crippen MR) is 44.1 cm³/mol. The van der Waals surface area contributed by atoms with E-state index in [4.69, 9.17) is 5.73 Å². The fourth-order valence-electron chi connectivity index (χ4n) is 0.844. The topological polar surface area (TPSA) is 48.1 Å². The van der Waals surface area contributed by atoms with E-state index in [1.54, 1.807) is 0 Å². The van der Waals surface area contributed by atoms with Crippen molar-refractivity contribution in [2.45, 2.75) is 12.8 Å². The minimum Gasteiger partial charge on any atom is -0.384 e. The van der Waals surface area contributed by atoms with Gasteiger partial charge in [0.15, 0.2) is 0 Å². The molecule has 66 valence electrons. The summed E-state index contributed by atoms with van der Waals surface area (Å²) < 4.78 is 18.1. The number of rotatable bonds is 2. The van der Waals surface area contributed by atoms with Gasteiger partial charge >= 0.3 is 0 Å². The molecule has 0 saturated carbocycles. The van der Waals surface area contributed by atoms with Crippen LogP contribution in [0, 0.1) is 0 Å². The van der Waals surface area contributed by atoms with Gasteiger partial charge in [0.05, 0.1) is 0 Å². The van der Waals surface area contributed by atoms with Crippen LogP contribution < -0.4 is 5.73 Å². The molecule has 0 fully saturated rings. The third-order valence-electron chi connectivity index (χ3n) is 1.68. The number of hydrogen-bond donors (Lipinski definition) is 1. The van der Waals surface area contributed by atoms with E-state index in [-0.39, 0.29) is 5.82 Å². The van der Waals surface area contributed by atoms with E-state index in [9.17, 15) is 4.39 Å². The Balaban J connectivity index is 3.03. The largest absolute Gasteiger partial charge is 0.384 e. The average molecular weight is 170 g/mol. The molecule has 0 aliphatic heterocycles. The van der Waals surface area contributed by atoms with Crippen molar-refractivity contribution in [3.05, 3.63) is 23.9 Å². The first-order valence-corrected chi connectivity index (χ1v) is 3.52. The number of nitrogens with zero attached hydrogens (tertiary/aromatic N) is 1. The van der Waals surface area contributed by atoms with Crippen LogP contribution in [-0.4, -0.2) is 12.1 Å². The highest BCUT2D eigenvalue weighted by Gasteiger charge is 2.24. The number of ether oxygens (including phenoxy) is 1. The van der Waals surface area contributed by atoms with Crippen molar-refractivity contribution in [3.63, 3.8) is 0 Å². The first kappa shape index (κ1) is 8.93. The normalized spacial score (nSPS) is 15.6. The molecule has 2 N–H and O–H groups in total. The fourth-order valence-corrected chi connectivity index (χ4v) is 0.844. The van der Waals surface area contributed by atoms with Crippen molar-refractivity contribution in [2.24, 2.45) is 0 Å². The van der Waals surface area contributed by atoms with E-state index >= 15 is 0 Å². The number of halogens is 1. The fraction of sp³-hybridized carbons (Fsp3) is 0.375. The second kappa shape index (κ2) is 3.06. The highest BCUT2D eigenvalue weighted by molar-refractivity contribution is 5.33. The maximum Gasteiger partial charge on any atom is 0.232 e. The lowest BCUT2D eigenvalue weighted by atomic mass is 10.1. The number of nitrogen functional groups attached to an aromatic ring is 1. The molecule has 0 aromatic carbocycles. The molecule has 0 aliphatic carbocycles. The lowest BCUT2D eigenvalue weighted by Crippen LogP contribution is -2.17. The number of anilines is 1. The summed E-state index contributed by atoms with van der Waals surface area (Å²) >= 11 is 0. The number of nitrogens with two attached hydrogens (primary N) is 1. The summed E-state index contributed by atoms with van der Waals surface area (Å²) in [5, 5.41) is 0. The van der Waals surface area contributed by atoms with Crippen LogP contribution in [0.5, 0.6) is 0 Å². The van der Waals surface area contributed by atoms with Gasteiger partial charge in [0, 0.05) is 18.9 Å². The molecule has 0 saturated heterocycles. The Hall–Kier alpha value is -1.16. The van der Waals surface area contributed by atoms with Gasteiger partial charge in [-0.2, -0.15) is 0 Å².